The van der Waals surface area contributed by atoms with Crippen molar-refractivity contribution in [3.05, 3.63) is 48.0 Å². The molecule has 0 saturated carbocycles. The van der Waals surface area contributed by atoms with Gasteiger partial charge in [0.05, 0.1) is 24.6 Å². The van der Waals surface area contributed by atoms with Crippen molar-refractivity contribution >= 4 is 29.7 Å². The van der Waals surface area contributed by atoms with Crippen LogP contribution in [0.25, 0.3) is 0 Å². The number of nitrogen functional groups attached to an aromatic ring is 1. The Hall–Kier alpha value is -2.40. The van der Waals surface area contributed by atoms with Crippen LogP contribution >= 0.6 is 12.4 Å². The van der Waals surface area contributed by atoms with Gasteiger partial charge in [-0.15, -0.1) is 12.4 Å². The van der Waals surface area contributed by atoms with Crippen molar-refractivity contribution in [3.63, 3.8) is 0 Å². The Bertz CT molecular complexity index is 677. The first kappa shape index (κ1) is 19.6. The van der Waals surface area contributed by atoms with Gasteiger partial charge < -0.3 is 20.5 Å². The van der Waals surface area contributed by atoms with E-state index in [2.05, 4.69) is 5.32 Å². The van der Waals surface area contributed by atoms with Gasteiger partial charge in [-0.05, 0) is 43.7 Å². The summed E-state index contributed by atoms with van der Waals surface area (Å²) in [4.78, 5) is 12.4. The molecule has 0 aliphatic rings. The molecule has 2 aromatic rings. The van der Waals surface area contributed by atoms with Crippen molar-refractivity contribution in [2.45, 2.75) is 20.3 Å². The topological polar surface area (TPSA) is 73.6 Å². The lowest BCUT2D eigenvalue weighted by atomic mass is 10.1. The quantitative estimate of drug-likeness (QED) is 0.736. The van der Waals surface area contributed by atoms with Gasteiger partial charge in [0.15, 0.2) is 11.5 Å². The number of nitrogens with two attached hydrogens (primary N) is 1. The van der Waals surface area contributed by atoms with Gasteiger partial charge in [-0.2, -0.15) is 0 Å². The largest absolute Gasteiger partial charge is 0.490 e. The second-order valence-corrected chi connectivity index (χ2v) is 4.98. The predicted octanol–water partition coefficient (Wildman–Crippen LogP) is 4.13. The number of carbonyl (C=O) groups is 1. The molecule has 0 spiro atoms. The van der Waals surface area contributed by atoms with Crippen molar-refractivity contribution in [1.29, 1.82) is 0 Å². The van der Waals surface area contributed by atoms with E-state index in [0.29, 0.717) is 41.7 Å². The number of hydrogen-bond donors (Lipinski definition) is 2. The summed E-state index contributed by atoms with van der Waals surface area (Å²) in [6.07, 6.45) is 0.904. The molecule has 0 aliphatic carbocycles. The van der Waals surface area contributed by atoms with Crippen LogP contribution in [-0.2, 0) is 0 Å². The van der Waals surface area contributed by atoms with E-state index in [4.69, 9.17) is 15.2 Å². The summed E-state index contributed by atoms with van der Waals surface area (Å²) in [5.41, 5.74) is 7.44. The zero-order valence-corrected chi connectivity index (χ0v) is 14.7. The Labute approximate surface area is 148 Å². The number of anilines is 2. The number of benzene rings is 2. The van der Waals surface area contributed by atoms with E-state index < -0.39 is 0 Å². The minimum absolute atomic E-state index is 0. The molecular weight excluding hydrogens is 328 g/mol. The number of hydrogen-bond acceptors (Lipinski definition) is 4. The van der Waals surface area contributed by atoms with E-state index in [9.17, 15) is 4.79 Å². The molecule has 0 heterocycles. The first-order valence-corrected chi connectivity index (χ1v) is 7.71. The van der Waals surface area contributed by atoms with Crippen LogP contribution < -0.4 is 20.5 Å². The molecule has 5 nitrogen and oxygen atoms in total. The maximum atomic E-state index is 12.4. The van der Waals surface area contributed by atoms with Crippen LogP contribution in [0.15, 0.2) is 42.5 Å². The van der Waals surface area contributed by atoms with E-state index in [1.165, 1.54) is 0 Å². The third-order valence-electron chi connectivity index (χ3n) is 3.18. The lowest BCUT2D eigenvalue weighted by molar-refractivity contribution is 0.102. The molecule has 0 aromatic heterocycles. The van der Waals surface area contributed by atoms with Crippen LogP contribution in [0.1, 0.15) is 30.6 Å². The fraction of sp³-hybridized carbons (Fsp3) is 0.278. The smallest absolute Gasteiger partial charge is 0.255 e. The molecule has 2 rings (SSSR count). The van der Waals surface area contributed by atoms with Gasteiger partial charge in [-0.1, -0.05) is 19.1 Å². The monoisotopic (exact) mass is 350 g/mol. The number of ether oxygens (including phenoxy) is 2. The predicted molar refractivity (Wildman–Crippen MR) is 99.5 cm³/mol. The first-order chi connectivity index (χ1) is 11.2. The van der Waals surface area contributed by atoms with Gasteiger partial charge in [0, 0.05) is 5.56 Å². The Kier molecular flexibility index (Phi) is 7.92. The fourth-order valence-corrected chi connectivity index (χ4v) is 2.05. The van der Waals surface area contributed by atoms with Gasteiger partial charge >= 0.3 is 0 Å². The molecule has 3 N–H and O–H groups in total. The standard InChI is InChI=1S/C18H22N2O3.ClH/c1-3-11-23-16-10-9-13(12-17(16)22-4-2)18(21)20-15-8-6-5-7-14(15)19;/h5-10,12H,3-4,11,19H2,1-2H3,(H,20,21);1H. The summed E-state index contributed by atoms with van der Waals surface area (Å²) < 4.78 is 11.2. The molecule has 24 heavy (non-hydrogen) atoms. The zero-order chi connectivity index (χ0) is 16.7. The molecule has 0 aliphatic heterocycles. The maximum Gasteiger partial charge on any atom is 0.255 e. The van der Waals surface area contributed by atoms with Crippen molar-refractivity contribution in [2.24, 2.45) is 0 Å². The molecular formula is C18H23ClN2O3. The average molecular weight is 351 g/mol. The van der Waals surface area contributed by atoms with Crippen molar-refractivity contribution in [3.8, 4) is 11.5 Å². The number of nitrogens with one attached hydrogen (secondary N) is 1. The highest BCUT2D eigenvalue weighted by atomic mass is 35.5. The maximum absolute atomic E-state index is 12.4. The third kappa shape index (κ3) is 5.06. The minimum Gasteiger partial charge on any atom is -0.490 e. The van der Waals surface area contributed by atoms with Crippen LogP contribution in [-0.4, -0.2) is 19.1 Å². The molecule has 0 atom stereocenters. The molecule has 6 heteroatoms. The highest BCUT2D eigenvalue weighted by molar-refractivity contribution is 6.06. The van der Waals surface area contributed by atoms with Crippen LogP contribution in [0.4, 0.5) is 11.4 Å². The van der Waals surface area contributed by atoms with Crippen LogP contribution in [0, 0.1) is 0 Å². The van der Waals surface area contributed by atoms with Crippen molar-refractivity contribution in [2.75, 3.05) is 24.3 Å². The molecule has 0 saturated heterocycles. The number of carbonyl (C=O) groups excluding carboxylic acids is 1. The Morgan fingerprint density at radius 2 is 1.83 bits per heavy atom. The highest BCUT2D eigenvalue weighted by Gasteiger charge is 2.12. The second kappa shape index (κ2) is 9.67. The first-order valence-electron chi connectivity index (χ1n) is 7.71. The van der Waals surface area contributed by atoms with E-state index in [1.54, 1.807) is 30.3 Å². The van der Waals surface area contributed by atoms with Gasteiger partial charge in [0.2, 0.25) is 0 Å². The van der Waals surface area contributed by atoms with Gasteiger partial charge in [0.25, 0.3) is 5.91 Å². The molecule has 0 bridgehead atoms. The Morgan fingerprint density at radius 3 is 2.50 bits per heavy atom. The number of halogens is 1. The molecule has 2 aromatic carbocycles. The van der Waals surface area contributed by atoms with Crippen molar-refractivity contribution < 1.29 is 14.3 Å². The number of para-hydroxylation sites is 2. The molecule has 0 fully saturated rings. The Morgan fingerprint density at radius 1 is 1.08 bits per heavy atom. The van der Waals surface area contributed by atoms with Gasteiger partial charge in [-0.3, -0.25) is 4.79 Å². The normalized spacial score (nSPS) is 9.75. The van der Waals surface area contributed by atoms with Crippen LogP contribution in [0.5, 0.6) is 11.5 Å². The fourth-order valence-electron chi connectivity index (χ4n) is 2.05. The zero-order valence-electron chi connectivity index (χ0n) is 13.9. The summed E-state index contributed by atoms with van der Waals surface area (Å²) in [5.74, 6) is 0.963. The SMILES string of the molecule is CCCOc1ccc(C(=O)Nc2ccccc2N)cc1OCC.Cl. The average Bonchev–Trinajstić information content (AvgIpc) is 2.56. The van der Waals surface area contributed by atoms with E-state index >= 15 is 0 Å². The van der Waals surface area contributed by atoms with Crippen LogP contribution in [0.3, 0.4) is 0 Å². The second-order valence-electron chi connectivity index (χ2n) is 4.98. The number of rotatable bonds is 7. The van der Waals surface area contributed by atoms with E-state index in [-0.39, 0.29) is 18.3 Å². The summed E-state index contributed by atoms with van der Waals surface area (Å²) in [6, 6.07) is 12.3. The molecule has 130 valence electrons. The van der Waals surface area contributed by atoms with E-state index in [1.807, 2.05) is 26.0 Å². The summed E-state index contributed by atoms with van der Waals surface area (Å²) in [7, 11) is 0. The molecule has 0 radical (unpaired) electrons. The Balaban J connectivity index is 0.00000288. The van der Waals surface area contributed by atoms with Gasteiger partial charge in [0.1, 0.15) is 0 Å². The highest BCUT2D eigenvalue weighted by Crippen LogP contribution is 2.29. The lowest BCUT2D eigenvalue weighted by Gasteiger charge is -2.13. The van der Waals surface area contributed by atoms with Crippen LogP contribution in [0.2, 0.25) is 0 Å². The lowest BCUT2D eigenvalue weighted by Crippen LogP contribution is -2.13. The molecule has 0 unspecified atom stereocenters. The third-order valence-corrected chi connectivity index (χ3v) is 3.18. The number of amides is 1. The molecule has 1 amide bonds. The van der Waals surface area contributed by atoms with Crippen molar-refractivity contribution in [1.82, 2.24) is 0 Å². The minimum atomic E-state index is -0.245. The summed E-state index contributed by atoms with van der Waals surface area (Å²) in [6.45, 7) is 5.03. The van der Waals surface area contributed by atoms with E-state index in [0.717, 1.165) is 6.42 Å². The van der Waals surface area contributed by atoms with Gasteiger partial charge in [-0.25, -0.2) is 0 Å². The summed E-state index contributed by atoms with van der Waals surface area (Å²) >= 11 is 0. The summed E-state index contributed by atoms with van der Waals surface area (Å²) in [5, 5.41) is 2.80.